The first-order valence-electron chi connectivity index (χ1n) is 8.58. The van der Waals surface area contributed by atoms with Crippen LogP contribution < -0.4 is 10.6 Å². The molecule has 6 heteroatoms. The smallest absolute Gasteiger partial charge is 0.235 e. The molecular weight excluding hydrogens is 296 g/mol. The number of rotatable bonds is 10. The molecule has 4 N–H and O–H groups in total. The molecule has 6 nitrogen and oxygen atoms in total. The van der Waals surface area contributed by atoms with E-state index in [4.69, 9.17) is 0 Å². The van der Waals surface area contributed by atoms with Gasteiger partial charge in [0.15, 0.2) is 0 Å². The van der Waals surface area contributed by atoms with Gasteiger partial charge in [0.2, 0.25) is 11.8 Å². The molecule has 0 saturated heterocycles. The van der Waals surface area contributed by atoms with E-state index in [2.05, 4.69) is 10.6 Å². The Morgan fingerprint density at radius 2 is 1.22 bits per heavy atom. The second kappa shape index (κ2) is 8.64. The molecular formula is C17H32N2O4. The average molecular weight is 328 g/mol. The van der Waals surface area contributed by atoms with Crippen molar-refractivity contribution in [2.45, 2.75) is 65.5 Å². The van der Waals surface area contributed by atoms with E-state index >= 15 is 0 Å². The molecule has 0 unspecified atom stereocenters. The van der Waals surface area contributed by atoms with Crippen LogP contribution >= 0.6 is 0 Å². The molecule has 0 aromatic rings. The van der Waals surface area contributed by atoms with Crippen molar-refractivity contribution in [3.05, 3.63) is 0 Å². The molecule has 1 saturated carbocycles. The molecule has 1 fully saturated rings. The van der Waals surface area contributed by atoms with Crippen LogP contribution in [0.15, 0.2) is 0 Å². The third kappa shape index (κ3) is 5.77. The van der Waals surface area contributed by atoms with E-state index in [-0.39, 0.29) is 37.1 Å². The van der Waals surface area contributed by atoms with Gasteiger partial charge in [0.1, 0.15) is 5.41 Å². The van der Waals surface area contributed by atoms with Crippen LogP contribution in [0.5, 0.6) is 0 Å². The van der Waals surface area contributed by atoms with Crippen LogP contribution in [0.25, 0.3) is 0 Å². The van der Waals surface area contributed by atoms with Crippen LogP contribution in [0, 0.1) is 17.3 Å². The van der Waals surface area contributed by atoms with E-state index in [1.807, 2.05) is 27.7 Å². The fourth-order valence-corrected chi connectivity index (χ4v) is 2.83. The van der Waals surface area contributed by atoms with Crippen LogP contribution in [0.3, 0.4) is 0 Å². The van der Waals surface area contributed by atoms with Crippen molar-refractivity contribution in [3.63, 3.8) is 0 Å². The molecule has 23 heavy (non-hydrogen) atoms. The highest BCUT2D eigenvalue weighted by atomic mass is 16.3. The summed E-state index contributed by atoms with van der Waals surface area (Å²) >= 11 is 0. The maximum absolute atomic E-state index is 12.5. The van der Waals surface area contributed by atoms with Gasteiger partial charge in [-0.05, 0) is 37.5 Å². The lowest BCUT2D eigenvalue weighted by molar-refractivity contribution is -0.138. The highest BCUT2D eigenvalue weighted by molar-refractivity contribution is 6.08. The molecule has 0 heterocycles. The summed E-state index contributed by atoms with van der Waals surface area (Å²) in [6.45, 7) is 7.82. The first kappa shape index (κ1) is 19.9. The SMILES string of the molecule is CC(C)C[C@H](CO)NC(=O)C1(C(=O)N[C@@H](CO)CC(C)C)CC1. The van der Waals surface area contributed by atoms with Crippen LogP contribution in [-0.2, 0) is 9.59 Å². The number of amides is 2. The van der Waals surface area contributed by atoms with Gasteiger partial charge in [0.05, 0.1) is 25.3 Å². The second-order valence-electron chi connectivity index (χ2n) is 7.55. The fourth-order valence-electron chi connectivity index (χ4n) is 2.83. The van der Waals surface area contributed by atoms with Gasteiger partial charge in [-0.2, -0.15) is 0 Å². The zero-order valence-electron chi connectivity index (χ0n) is 14.8. The van der Waals surface area contributed by atoms with Crippen molar-refractivity contribution in [2.75, 3.05) is 13.2 Å². The van der Waals surface area contributed by atoms with E-state index in [1.54, 1.807) is 0 Å². The van der Waals surface area contributed by atoms with Gasteiger partial charge < -0.3 is 20.8 Å². The quantitative estimate of drug-likeness (QED) is 0.446. The number of aliphatic hydroxyl groups excluding tert-OH is 2. The molecule has 0 aliphatic heterocycles. The summed E-state index contributed by atoms with van der Waals surface area (Å²) < 4.78 is 0. The molecule has 1 aliphatic carbocycles. The summed E-state index contributed by atoms with van der Waals surface area (Å²) in [5, 5.41) is 24.4. The first-order valence-corrected chi connectivity index (χ1v) is 8.58. The van der Waals surface area contributed by atoms with Gasteiger partial charge in [0.25, 0.3) is 0 Å². The monoisotopic (exact) mass is 328 g/mol. The Morgan fingerprint density at radius 3 is 1.43 bits per heavy atom. The van der Waals surface area contributed by atoms with Gasteiger partial charge in [0, 0.05) is 0 Å². The second-order valence-corrected chi connectivity index (χ2v) is 7.55. The van der Waals surface area contributed by atoms with Crippen molar-refractivity contribution < 1.29 is 19.8 Å². The summed E-state index contributed by atoms with van der Waals surface area (Å²) in [6, 6.07) is -0.644. The number of hydrogen-bond donors (Lipinski definition) is 4. The Labute approximate surface area is 139 Å². The van der Waals surface area contributed by atoms with Crippen LogP contribution in [0.1, 0.15) is 53.4 Å². The Kier molecular flexibility index (Phi) is 7.48. The Morgan fingerprint density at radius 1 is 0.870 bits per heavy atom. The van der Waals surface area contributed by atoms with Gasteiger partial charge in [-0.1, -0.05) is 27.7 Å². The molecule has 0 spiro atoms. The molecule has 1 aliphatic rings. The largest absolute Gasteiger partial charge is 0.394 e. The topological polar surface area (TPSA) is 98.7 Å². The average Bonchev–Trinajstić information content (AvgIpc) is 3.26. The zero-order chi connectivity index (χ0) is 17.6. The van der Waals surface area contributed by atoms with E-state index in [0.717, 1.165) is 0 Å². The molecule has 0 aromatic heterocycles. The lowest BCUT2D eigenvalue weighted by atomic mass is 9.99. The normalized spacial score (nSPS) is 18.6. The van der Waals surface area contributed by atoms with Crippen molar-refractivity contribution in [1.29, 1.82) is 0 Å². The summed E-state index contributed by atoms with van der Waals surface area (Å²) in [5.74, 6) is 0.0781. The number of carbonyl (C=O) groups excluding carboxylic acids is 2. The highest BCUT2D eigenvalue weighted by Gasteiger charge is 2.57. The van der Waals surface area contributed by atoms with Gasteiger partial charge in [-0.15, -0.1) is 0 Å². The summed E-state index contributed by atoms with van der Waals surface area (Å²) in [7, 11) is 0. The molecule has 0 aromatic carbocycles. The molecule has 2 atom stereocenters. The minimum atomic E-state index is -1.02. The highest BCUT2D eigenvalue weighted by Crippen LogP contribution is 2.46. The lowest BCUT2D eigenvalue weighted by Crippen LogP contribution is -2.50. The third-order valence-electron chi connectivity index (χ3n) is 4.24. The van der Waals surface area contributed by atoms with Crippen LogP contribution in [0.4, 0.5) is 0 Å². The first-order chi connectivity index (χ1) is 10.7. The van der Waals surface area contributed by atoms with Gasteiger partial charge in [-0.25, -0.2) is 0 Å². The third-order valence-corrected chi connectivity index (χ3v) is 4.24. The van der Waals surface area contributed by atoms with E-state index in [0.29, 0.717) is 37.5 Å². The molecule has 1 rings (SSSR count). The number of nitrogens with one attached hydrogen (secondary N) is 2. The summed E-state index contributed by atoms with van der Waals surface area (Å²) in [5.41, 5.74) is -1.02. The van der Waals surface area contributed by atoms with Gasteiger partial charge >= 0.3 is 0 Å². The van der Waals surface area contributed by atoms with Gasteiger partial charge in [-0.3, -0.25) is 9.59 Å². The number of hydrogen-bond acceptors (Lipinski definition) is 4. The maximum Gasteiger partial charge on any atom is 0.235 e. The predicted octanol–water partition coefficient (Wildman–Crippen LogP) is 0.813. The van der Waals surface area contributed by atoms with Crippen LogP contribution in [-0.4, -0.2) is 47.3 Å². The maximum atomic E-state index is 12.5. The minimum absolute atomic E-state index is 0.131. The van der Waals surface area contributed by atoms with Crippen molar-refractivity contribution >= 4 is 11.8 Å². The molecule has 2 amide bonds. The van der Waals surface area contributed by atoms with Crippen LogP contribution in [0.2, 0.25) is 0 Å². The van der Waals surface area contributed by atoms with E-state index < -0.39 is 5.41 Å². The Balaban J connectivity index is 2.63. The minimum Gasteiger partial charge on any atom is -0.394 e. The number of carbonyl (C=O) groups is 2. The van der Waals surface area contributed by atoms with E-state index in [1.165, 1.54) is 0 Å². The van der Waals surface area contributed by atoms with Crippen molar-refractivity contribution in [1.82, 2.24) is 10.6 Å². The predicted molar refractivity (Wildman–Crippen MR) is 88.6 cm³/mol. The Hall–Kier alpha value is -1.14. The lowest BCUT2D eigenvalue weighted by Gasteiger charge is -2.24. The molecule has 0 radical (unpaired) electrons. The fraction of sp³-hybridized carbons (Fsp3) is 0.882. The standard InChI is InChI=1S/C17H32N2O4/c1-11(2)7-13(9-20)18-15(22)17(5-6-17)16(23)19-14(10-21)8-12(3)4/h11-14,20-21H,5-10H2,1-4H3,(H,18,22)(H,19,23)/t13-,14-/m1/s1. The number of aliphatic hydroxyl groups is 2. The van der Waals surface area contributed by atoms with Crippen molar-refractivity contribution in [3.8, 4) is 0 Å². The zero-order valence-corrected chi connectivity index (χ0v) is 14.8. The summed E-state index contributed by atoms with van der Waals surface area (Å²) in [4.78, 5) is 24.9. The van der Waals surface area contributed by atoms with E-state index in [9.17, 15) is 19.8 Å². The molecule has 0 bridgehead atoms. The van der Waals surface area contributed by atoms with Crippen molar-refractivity contribution in [2.24, 2.45) is 17.3 Å². The molecule has 134 valence electrons. The Bertz CT molecular complexity index is 371. The summed E-state index contributed by atoms with van der Waals surface area (Å²) in [6.07, 6.45) is 2.38.